The van der Waals surface area contributed by atoms with E-state index in [9.17, 15) is 8.42 Å². The standard InChI is InChI=1S/C21H27N4O2S/c1-17(20-12-8-10-19-9-4-5-11-21(19)20)22-23-28(26,27)16-7-6-13-25-15-14-24(3)18(25)2/h4-5,8-12,14-15,23H,6-7,13,16H2,1-3H3/q+1/b22-17+. The SMILES string of the molecule is C/C(=N\NS(=O)(=O)CCCCn1cc[n+](C)c1C)c1cccc2ccccc12. The summed E-state index contributed by atoms with van der Waals surface area (Å²) in [5.41, 5.74) is 1.58. The van der Waals surface area contributed by atoms with E-state index in [0.717, 1.165) is 35.1 Å². The van der Waals surface area contributed by atoms with Gasteiger partial charge in [0.15, 0.2) is 0 Å². The van der Waals surface area contributed by atoms with Crippen molar-refractivity contribution in [3.63, 3.8) is 0 Å². The van der Waals surface area contributed by atoms with E-state index in [1.807, 2.05) is 80.3 Å². The Bertz CT molecular complexity index is 1100. The largest absolute Gasteiger partial charge is 0.253 e. The van der Waals surface area contributed by atoms with E-state index in [-0.39, 0.29) is 5.75 Å². The number of benzene rings is 2. The lowest BCUT2D eigenvalue weighted by Crippen LogP contribution is -2.29. The van der Waals surface area contributed by atoms with Gasteiger partial charge >= 0.3 is 0 Å². The van der Waals surface area contributed by atoms with Gasteiger partial charge in [-0.15, -0.1) is 0 Å². The number of hydrogen-bond donors (Lipinski definition) is 1. The average molecular weight is 400 g/mol. The van der Waals surface area contributed by atoms with E-state index in [0.29, 0.717) is 12.1 Å². The predicted molar refractivity (Wildman–Crippen MR) is 113 cm³/mol. The Labute approximate surface area is 166 Å². The number of fused-ring (bicyclic) bond motifs is 1. The van der Waals surface area contributed by atoms with Crippen molar-refractivity contribution in [1.82, 2.24) is 9.40 Å². The second kappa shape index (κ2) is 8.56. The Morgan fingerprint density at radius 2 is 1.89 bits per heavy atom. The number of aromatic nitrogens is 2. The number of nitrogens with zero attached hydrogens (tertiary/aromatic N) is 3. The lowest BCUT2D eigenvalue weighted by atomic mass is 10.0. The van der Waals surface area contributed by atoms with Crippen LogP contribution < -0.4 is 9.40 Å². The Morgan fingerprint density at radius 3 is 2.64 bits per heavy atom. The van der Waals surface area contributed by atoms with Crippen LogP contribution in [0.2, 0.25) is 0 Å². The van der Waals surface area contributed by atoms with Crippen molar-refractivity contribution >= 4 is 26.5 Å². The maximum Gasteiger partial charge on any atom is 0.253 e. The number of rotatable bonds is 8. The summed E-state index contributed by atoms with van der Waals surface area (Å²) in [4.78, 5) is 2.39. The maximum atomic E-state index is 12.3. The molecule has 1 aromatic heterocycles. The molecule has 0 bridgehead atoms. The number of hydrazone groups is 1. The van der Waals surface area contributed by atoms with E-state index in [1.165, 1.54) is 0 Å². The molecule has 6 nitrogen and oxygen atoms in total. The van der Waals surface area contributed by atoms with Crippen molar-refractivity contribution in [3.05, 3.63) is 66.2 Å². The smallest absolute Gasteiger partial charge is 0.237 e. The van der Waals surface area contributed by atoms with E-state index < -0.39 is 10.0 Å². The first-order valence-corrected chi connectivity index (χ1v) is 11.1. The van der Waals surface area contributed by atoms with Gasteiger partial charge in [0.25, 0.3) is 5.82 Å². The van der Waals surface area contributed by atoms with Crippen LogP contribution in [-0.4, -0.2) is 24.4 Å². The van der Waals surface area contributed by atoms with Crippen LogP contribution in [0.4, 0.5) is 0 Å². The zero-order chi connectivity index (χ0) is 20.1. The van der Waals surface area contributed by atoms with Crippen LogP contribution in [0.5, 0.6) is 0 Å². The molecule has 0 saturated carbocycles. The highest BCUT2D eigenvalue weighted by atomic mass is 32.2. The lowest BCUT2D eigenvalue weighted by Gasteiger charge is -2.08. The van der Waals surface area contributed by atoms with Gasteiger partial charge < -0.3 is 0 Å². The fourth-order valence-corrected chi connectivity index (χ4v) is 4.15. The molecule has 0 aliphatic carbocycles. The van der Waals surface area contributed by atoms with Crippen LogP contribution >= 0.6 is 0 Å². The fourth-order valence-electron chi connectivity index (χ4n) is 3.19. The molecule has 148 valence electrons. The van der Waals surface area contributed by atoms with Crippen LogP contribution in [0.3, 0.4) is 0 Å². The van der Waals surface area contributed by atoms with Gasteiger partial charge in [-0.1, -0.05) is 42.5 Å². The molecule has 0 atom stereocenters. The van der Waals surface area contributed by atoms with E-state index in [1.54, 1.807) is 0 Å². The summed E-state index contributed by atoms with van der Waals surface area (Å²) in [6, 6.07) is 13.9. The molecule has 0 aliphatic heterocycles. The molecule has 0 radical (unpaired) electrons. The Hall–Kier alpha value is -2.67. The normalized spacial score (nSPS) is 12.5. The Kier molecular flexibility index (Phi) is 6.14. The zero-order valence-corrected chi connectivity index (χ0v) is 17.4. The summed E-state index contributed by atoms with van der Waals surface area (Å²) in [7, 11) is -1.45. The van der Waals surface area contributed by atoms with Gasteiger partial charge in [-0.3, -0.25) is 0 Å². The third kappa shape index (κ3) is 4.78. The van der Waals surface area contributed by atoms with E-state index in [4.69, 9.17) is 0 Å². The van der Waals surface area contributed by atoms with Crippen molar-refractivity contribution in [2.45, 2.75) is 33.2 Å². The minimum absolute atomic E-state index is 0.0613. The maximum absolute atomic E-state index is 12.3. The summed E-state index contributed by atoms with van der Waals surface area (Å²) in [5, 5.41) is 6.30. The first-order chi connectivity index (χ1) is 13.4. The molecule has 0 saturated heterocycles. The Balaban J connectivity index is 1.58. The number of sulfonamides is 1. The van der Waals surface area contributed by atoms with Gasteiger partial charge in [0, 0.05) is 12.5 Å². The van der Waals surface area contributed by atoms with Crippen LogP contribution in [0.25, 0.3) is 10.8 Å². The highest BCUT2D eigenvalue weighted by Gasteiger charge is 2.12. The molecular weight excluding hydrogens is 372 g/mol. The van der Waals surface area contributed by atoms with E-state index >= 15 is 0 Å². The number of unbranched alkanes of at least 4 members (excludes halogenated alkanes) is 1. The van der Waals surface area contributed by atoms with Crippen LogP contribution in [-0.2, 0) is 23.6 Å². The topological polar surface area (TPSA) is 67.3 Å². The van der Waals surface area contributed by atoms with Gasteiger partial charge in [0.05, 0.1) is 25.1 Å². The second-order valence-corrected chi connectivity index (χ2v) is 8.81. The summed E-state index contributed by atoms with van der Waals surface area (Å²) < 4.78 is 28.7. The van der Waals surface area contributed by atoms with Crippen molar-refractivity contribution in [2.75, 3.05) is 5.75 Å². The summed E-state index contributed by atoms with van der Waals surface area (Å²) in [6.07, 6.45) is 5.39. The monoisotopic (exact) mass is 399 g/mol. The van der Waals surface area contributed by atoms with Crippen molar-refractivity contribution in [2.24, 2.45) is 12.1 Å². The number of aryl methyl sites for hydroxylation is 2. The highest BCUT2D eigenvalue weighted by Crippen LogP contribution is 2.19. The van der Waals surface area contributed by atoms with E-state index in [2.05, 4.69) is 14.5 Å². The van der Waals surface area contributed by atoms with Gasteiger partial charge in [-0.25, -0.2) is 22.4 Å². The zero-order valence-electron chi connectivity index (χ0n) is 16.6. The molecule has 1 heterocycles. The van der Waals surface area contributed by atoms with Crippen LogP contribution in [0.15, 0.2) is 60.0 Å². The fraction of sp³-hybridized carbons (Fsp3) is 0.333. The highest BCUT2D eigenvalue weighted by molar-refractivity contribution is 7.89. The predicted octanol–water partition coefficient (Wildman–Crippen LogP) is 2.90. The molecule has 1 N–H and O–H groups in total. The molecule has 0 unspecified atom stereocenters. The molecule has 2 aromatic carbocycles. The quantitative estimate of drug-likeness (QED) is 0.274. The van der Waals surface area contributed by atoms with Gasteiger partial charge in [-0.05, 0) is 30.5 Å². The molecule has 0 amide bonds. The minimum Gasteiger partial charge on any atom is -0.237 e. The number of imidazole rings is 1. The van der Waals surface area contributed by atoms with Crippen molar-refractivity contribution in [1.29, 1.82) is 0 Å². The summed E-state index contributed by atoms with van der Waals surface area (Å²) in [6.45, 7) is 4.67. The average Bonchev–Trinajstić information content (AvgIpc) is 3.01. The van der Waals surface area contributed by atoms with Gasteiger partial charge in [0.1, 0.15) is 12.4 Å². The number of nitrogens with one attached hydrogen (secondary N) is 1. The third-order valence-corrected chi connectivity index (χ3v) is 6.19. The summed E-state index contributed by atoms with van der Waals surface area (Å²) in [5.74, 6) is 1.21. The minimum atomic E-state index is -3.45. The second-order valence-electron chi connectivity index (χ2n) is 6.99. The first-order valence-electron chi connectivity index (χ1n) is 9.41. The number of hydrogen-bond acceptors (Lipinski definition) is 3. The molecule has 0 spiro atoms. The van der Waals surface area contributed by atoms with Crippen molar-refractivity contribution in [3.8, 4) is 0 Å². The molecule has 3 rings (SSSR count). The molecule has 3 aromatic rings. The van der Waals surface area contributed by atoms with Gasteiger partial charge in [0.2, 0.25) is 10.0 Å². The molecule has 0 fully saturated rings. The van der Waals surface area contributed by atoms with Crippen LogP contribution in [0, 0.1) is 6.92 Å². The Morgan fingerprint density at radius 1 is 1.14 bits per heavy atom. The lowest BCUT2D eigenvalue weighted by molar-refractivity contribution is -0.677. The third-order valence-electron chi connectivity index (χ3n) is 4.99. The van der Waals surface area contributed by atoms with Crippen molar-refractivity contribution < 1.29 is 13.0 Å². The molecular formula is C21H27N4O2S+. The molecule has 7 heteroatoms. The first kappa shape index (κ1) is 20.1. The summed E-state index contributed by atoms with van der Waals surface area (Å²) >= 11 is 0. The molecule has 28 heavy (non-hydrogen) atoms. The van der Waals surface area contributed by atoms with Crippen LogP contribution in [0.1, 0.15) is 31.2 Å². The molecule has 0 aliphatic rings. The van der Waals surface area contributed by atoms with Gasteiger partial charge in [-0.2, -0.15) is 5.10 Å².